The fourth-order valence-electron chi connectivity index (χ4n) is 2.76. The molecule has 0 aliphatic carbocycles. The summed E-state index contributed by atoms with van der Waals surface area (Å²) in [7, 11) is 2.13. The Hall–Kier alpha value is -0.690. The summed E-state index contributed by atoms with van der Waals surface area (Å²) in [5.41, 5.74) is 0. The van der Waals surface area contributed by atoms with Crippen LogP contribution in [0.3, 0.4) is 0 Å². The van der Waals surface area contributed by atoms with Gasteiger partial charge in [-0.2, -0.15) is 0 Å². The molecule has 0 unspecified atom stereocenters. The van der Waals surface area contributed by atoms with E-state index in [9.17, 15) is 4.79 Å². The van der Waals surface area contributed by atoms with Gasteiger partial charge in [0.15, 0.2) is 0 Å². The summed E-state index contributed by atoms with van der Waals surface area (Å²) < 4.78 is 11.0. The van der Waals surface area contributed by atoms with Gasteiger partial charge in [-0.3, -0.25) is 9.69 Å². The smallest absolute Gasteiger partial charge is 0.234 e. The topological polar surface area (TPSA) is 54.0 Å². The number of amides is 1. The van der Waals surface area contributed by atoms with E-state index in [0.29, 0.717) is 26.4 Å². The first-order valence-corrected chi connectivity index (χ1v) is 7.58. The average Bonchev–Trinajstić information content (AvgIpc) is 2.73. The summed E-state index contributed by atoms with van der Waals surface area (Å²) in [6.45, 7) is 8.32. The van der Waals surface area contributed by atoms with Gasteiger partial charge in [-0.05, 0) is 33.5 Å². The van der Waals surface area contributed by atoms with Crippen LogP contribution in [0.2, 0.25) is 0 Å². The molecule has 2 aliphatic heterocycles. The molecular weight excluding hydrogens is 258 g/mol. The van der Waals surface area contributed by atoms with Crippen LogP contribution >= 0.6 is 0 Å². The van der Waals surface area contributed by atoms with E-state index < -0.39 is 0 Å². The molecule has 2 fully saturated rings. The average molecular weight is 285 g/mol. The van der Waals surface area contributed by atoms with E-state index in [4.69, 9.17) is 9.47 Å². The molecule has 0 aromatic heterocycles. The maximum atomic E-state index is 12.1. The third-order valence-corrected chi connectivity index (χ3v) is 3.93. The molecule has 2 atom stereocenters. The normalized spacial score (nSPS) is 29.3. The second kappa shape index (κ2) is 7.93. The van der Waals surface area contributed by atoms with Crippen LogP contribution in [0.25, 0.3) is 0 Å². The molecule has 0 spiro atoms. The van der Waals surface area contributed by atoms with Gasteiger partial charge in [-0.1, -0.05) is 0 Å². The Morgan fingerprint density at radius 3 is 2.95 bits per heavy atom. The van der Waals surface area contributed by atoms with Crippen molar-refractivity contribution < 1.29 is 14.3 Å². The van der Waals surface area contributed by atoms with Gasteiger partial charge >= 0.3 is 0 Å². The van der Waals surface area contributed by atoms with Crippen LogP contribution in [0, 0.1) is 0 Å². The van der Waals surface area contributed by atoms with Crippen molar-refractivity contribution in [3.8, 4) is 0 Å². The quantitative estimate of drug-likeness (QED) is 0.741. The molecule has 6 heteroatoms. The number of hydrogen-bond acceptors (Lipinski definition) is 5. The lowest BCUT2D eigenvalue weighted by atomic mass is 10.2. The minimum Gasteiger partial charge on any atom is -0.376 e. The first-order chi connectivity index (χ1) is 9.69. The summed E-state index contributed by atoms with van der Waals surface area (Å²) >= 11 is 0. The first kappa shape index (κ1) is 15.7. The highest BCUT2D eigenvalue weighted by atomic mass is 16.5. The predicted molar refractivity (Wildman–Crippen MR) is 76.7 cm³/mol. The van der Waals surface area contributed by atoms with Crippen LogP contribution < -0.4 is 5.32 Å². The maximum Gasteiger partial charge on any atom is 0.234 e. The molecule has 0 radical (unpaired) electrons. The van der Waals surface area contributed by atoms with Crippen LogP contribution in [0.4, 0.5) is 0 Å². The number of rotatable bonds is 5. The third-order valence-electron chi connectivity index (χ3n) is 3.93. The van der Waals surface area contributed by atoms with E-state index in [2.05, 4.69) is 22.2 Å². The zero-order valence-electron chi connectivity index (χ0n) is 12.6. The number of nitrogens with one attached hydrogen (secondary N) is 1. The highest BCUT2D eigenvalue weighted by Crippen LogP contribution is 2.10. The van der Waals surface area contributed by atoms with Crippen molar-refractivity contribution in [2.75, 3.05) is 59.6 Å². The number of likely N-dealkylation sites (N-methyl/N-ethyl adjacent to an activating group) is 1. The predicted octanol–water partition coefficient (Wildman–Crippen LogP) is -0.456. The van der Waals surface area contributed by atoms with Crippen molar-refractivity contribution in [1.29, 1.82) is 0 Å². The molecule has 0 bridgehead atoms. The fraction of sp³-hybridized carbons (Fsp3) is 0.929. The van der Waals surface area contributed by atoms with Crippen LogP contribution in [0.1, 0.15) is 13.3 Å². The van der Waals surface area contributed by atoms with Crippen molar-refractivity contribution in [3.63, 3.8) is 0 Å². The van der Waals surface area contributed by atoms with Crippen molar-refractivity contribution in [1.82, 2.24) is 15.1 Å². The van der Waals surface area contributed by atoms with Crippen LogP contribution in [-0.2, 0) is 14.3 Å². The van der Waals surface area contributed by atoms with Crippen molar-refractivity contribution in [2.45, 2.75) is 25.5 Å². The first-order valence-electron chi connectivity index (χ1n) is 7.58. The molecule has 2 aliphatic rings. The zero-order chi connectivity index (χ0) is 14.4. The zero-order valence-corrected chi connectivity index (χ0v) is 12.6. The standard InChI is InChI=1S/C14H27N3O3/c1-3-20-13-11-19-10-12(13)15-14(18)9-17-6-4-5-16(2)7-8-17/h12-13H,3-11H2,1-2H3,(H,15,18)/t12-,13-/m0/s1. The Morgan fingerprint density at radius 2 is 2.15 bits per heavy atom. The van der Waals surface area contributed by atoms with Gasteiger partial charge < -0.3 is 19.7 Å². The van der Waals surface area contributed by atoms with Crippen molar-refractivity contribution in [2.24, 2.45) is 0 Å². The molecule has 1 amide bonds. The number of carbonyl (C=O) groups excluding carboxylic acids is 1. The largest absolute Gasteiger partial charge is 0.376 e. The highest BCUT2D eigenvalue weighted by Gasteiger charge is 2.30. The van der Waals surface area contributed by atoms with Gasteiger partial charge in [-0.25, -0.2) is 0 Å². The van der Waals surface area contributed by atoms with E-state index in [-0.39, 0.29) is 18.1 Å². The van der Waals surface area contributed by atoms with Gasteiger partial charge in [0.2, 0.25) is 5.91 Å². The Kier molecular flexibility index (Phi) is 6.22. The number of carbonyl (C=O) groups is 1. The minimum absolute atomic E-state index is 0.000725. The fourth-order valence-corrected chi connectivity index (χ4v) is 2.76. The van der Waals surface area contributed by atoms with Gasteiger partial charge in [0.1, 0.15) is 6.10 Å². The van der Waals surface area contributed by atoms with E-state index in [1.807, 2.05) is 6.92 Å². The molecule has 2 heterocycles. The third kappa shape index (κ3) is 4.70. The lowest BCUT2D eigenvalue weighted by Crippen LogP contribution is -2.48. The van der Waals surface area contributed by atoms with Gasteiger partial charge in [0.25, 0.3) is 0 Å². The molecule has 0 saturated carbocycles. The second-order valence-electron chi connectivity index (χ2n) is 5.64. The molecule has 6 nitrogen and oxygen atoms in total. The SMILES string of the molecule is CCO[C@H]1COC[C@@H]1NC(=O)CN1CCCN(C)CC1. The van der Waals surface area contributed by atoms with Gasteiger partial charge in [0.05, 0.1) is 25.8 Å². The van der Waals surface area contributed by atoms with Crippen LogP contribution in [0.5, 0.6) is 0 Å². The number of hydrogen-bond donors (Lipinski definition) is 1. The van der Waals surface area contributed by atoms with Gasteiger partial charge in [0, 0.05) is 19.7 Å². The monoisotopic (exact) mass is 285 g/mol. The summed E-state index contributed by atoms with van der Waals surface area (Å²) in [5, 5.41) is 3.05. The molecule has 0 aromatic rings. The highest BCUT2D eigenvalue weighted by molar-refractivity contribution is 5.78. The lowest BCUT2D eigenvalue weighted by molar-refractivity contribution is -0.123. The molecule has 1 N–H and O–H groups in total. The molecule has 116 valence electrons. The summed E-state index contributed by atoms with van der Waals surface area (Å²) in [4.78, 5) is 16.7. The summed E-state index contributed by atoms with van der Waals surface area (Å²) in [6.07, 6.45) is 1.12. The van der Waals surface area contributed by atoms with E-state index in [1.165, 1.54) is 0 Å². The van der Waals surface area contributed by atoms with E-state index >= 15 is 0 Å². The van der Waals surface area contributed by atoms with E-state index in [0.717, 1.165) is 32.6 Å². The molecule has 0 aromatic carbocycles. The van der Waals surface area contributed by atoms with Crippen molar-refractivity contribution in [3.05, 3.63) is 0 Å². The van der Waals surface area contributed by atoms with Crippen LogP contribution in [-0.4, -0.2) is 87.4 Å². The Labute approximate surface area is 121 Å². The van der Waals surface area contributed by atoms with Crippen LogP contribution in [0.15, 0.2) is 0 Å². The Bertz CT molecular complexity index is 314. The summed E-state index contributed by atoms with van der Waals surface area (Å²) in [5.74, 6) is 0.0785. The van der Waals surface area contributed by atoms with E-state index in [1.54, 1.807) is 0 Å². The summed E-state index contributed by atoms with van der Waals surface area (Å²) in [6, 6.07) is -0.00268. The molecular formula is C14H27N3O3. The molecule has 2 saturated heterocycles. The second-order valence-corrected chi connectivity index (χ2v) is 5.64. The van der Waals surface area contributed by atoms with Crippen molar-refractivity contribution >= 4 is 5.91 Å². The molecule has 20 heavy (non-hydrogen) atoms. The Morgan fingerprint density at radius 1 is 1.30 bits per heavy atom. The molecule has 2 rings (SSSR count). The number of nitrogens with zero attached hydrogens (tertiary/aromatic N) is 2. The lowest BCUT2D eigenvalue weighted by Gasteiger charge is -2.23. The minimum atomic E-state index is -0.00268. The maximum absolute atomic E-state index is 12.1. The Balaban J connectivity index is 1.74. The van der Waals surface area contributed by atoms with Gasteiger partial charge in [-0.15, -0.1) is 0 Å². The number of ether oxygens (including phenoxy) is 2.